The third-order valence-corrected chi connectivity index (χ3v) is 3.15. The summed E-state index contributed by atoms with van der Waals surface area (Å²) in [6.45, 7) is 8.92. The second-order valence-corrected chi connectivity index (χ2v) is 7.19. The van der Waals surface area contributed by atoms with Crippen LogP contribution >= 0.6 is 27.5 Å². The maximum Gasteiger partial charge on any atom is 0.144 e. The lowest BCUT2D eigenvalue weighted by atomic mass is 10.1. The molecule has 126 valence electrons. The van der Waals surface area contributed by atoms with Gasteiger partial charge in [0.2, 0.25) is 0 Å². The summed E-state index contributed by atoms with van der Waals surface area (Å²) in [4.78, 5) is 3.08. The molecule has 2 rings (SSSR count). The number of rotatable bonds is 4. The zero-order valence-corrected chi connectivity index (χ0v) is 16.2. The zero-order valence-electron chi connectivity index (χ0n) is 13.9. The number of halogens is 2. The summed E-state index contributed by atoms with van der Waals surface area (Å²) in [6.07, 6.45) is 1.77. The molecule has 0 saturated carbocycles. The van der Waals surface area contributed by atoms with Crippen molar-refractivity contribution in [1.82, 2.24) is 4.98 Å². The number of aromatic nitrogens is 1. The van der Waals surface area contributed by atoms with Crippen molar-refractivity contribution in [2.24, 2.45) is 0 Å². The molecule has 0 atom stereocenters. The second kappa shape index (κ2) is 9.17. The Balaban J connectivity index is 0.000000816. The monoisotopic (exact) mass is 400 g/mol. The van der Waals surface area contributed by atoms with Crippen LogP contribution in [0.3, 0.4) is 0 Å². The molecule has 0 spiro atoms. The topological polar surface area (TPSA) is 58.0 Å². The lowest BCUT2D eigenvalue weighted by Gasteiger charge is -2.19. The van der Waals surface area contributed by atoms with Crippen molar-refractivity contribution < 1.29 is 9.47 Å². The van der Waals surface area contributed by atoms with Gasteiger partial charge >= 0.3 is 0 Å². The van der Waals surface area contributed by atoms with E-state index in [0.717, 1.165) is 16.2 Å². The largest absolute Gasteiger partial charge is 0.489 e. The van der Waals surface area contributed by atoms with Crippen LogP contribution in [0.4, 0.5) is 0 Å². The number of ether oxygens (including phenoxy) is 2. The highest BCUT2D eigenvalue weighted by Crippen LogP contribution is 2.33. The summed E-state index contributed by atoms with van der Waals surface area (Å²) >= 11 is 9.30. The fourth-order valence-corrected chi connectivity index (χ4v) is 2.12. The van der Waals surface area contributed by atoms with E-state index >= 15 is 0 Å². The van der Waals surface area contributed by atoms with Crippen molar-refractivity contribution in [3.8, 4) is 11.8 Å². The van der Waals surface area contributed by atoms with Crippen molar-refractivity contribution in [2.45, 2.75) is 33.3 Å². The minimum Gasteiger partial charge on any atom is -0.489 e. The summed E-state index contributed by atoms with van der Waals surface area (Å²) in [5.41, 5.74) is 1.01. The van der Waals surface area contributed by atoms with Gasteiger partial charge < -0.3 is 14.5 Å². The van der Waals surface area contributed by atoms with E-state index in [4.69, 9.17) is 26.3 Å². The van der Waals surface area contributed by atoms with Crippen molar-refractivity contribution >= 4 is 38.4 Å². The molecule has 1 aromatic heterocycles. The Bertz CT molecular complexity index is 672. The molecular weight excluding hydrogens is 380 g/mol. The molecule has 1 aromatic carbocycles. The first kappa shape index (κ1) is 19.8. The van der Waals surface area contributed by atoms with E-state index in [0.29, 0.717) is 29.5 Å². The van der Waals surface area contributed by atoms with Gasteiger partial charge in [0.25, 0.3) is 0 Å². The molecule has 0 amide bonds. The number of fused-ring (bicyclic) bond motifs is 1. The maximum absolute atomic E-state index is 9.09. The SMILES string of the molecule is CC(C)(C)OCCOc1cc(C#N)c(Cl)c2cc[nH]c12.CCBr. The third kappa shape index (κ3) is 6.06. The molecule has 2 aromatic rings. The van der Waals surface area contributed by atoms with Gasteiger partial charge in [-0.15, -0.1) is 0 Å². The van der Waals surface area contributed by atoms with Gasteiger partial charge in [-0.25, -0.2) is 0 Å². The average molecular weight is 402 g/mol. The molecule has 1 heterocycles. The normalized spacial score (nSPS) is 10.8. The summed E-state index contributed by atoms with van der Waals surface area (Å²) < 4.78 is 11.3. The van der Waals surface area contributed by atoms with Crippen LogP contribution in [0.15, 0.2) is 18.3 Å². The summed E-state index contributed by atoms with van der Waals surface area (Å²) in [6, 6.07) is 5.56. The smallest absolute Gasteiger partial charge is 0.144 e. The van der Waals surface area contributed by atoms with Crippen LogP contribution in [0.1, 0.15) is 33.3 Å². The van der Waals surface area contributed by atoms with E-state index in [9.17, 15) is 0 Å². The minimum absolute atomic E-state index is 0.192. The van der Waals surface area contributed by atoms with E-state index in [-0.39, 0.29) is 5.60 Å². The molecule has 0 aliphatic carbocycles. The van der Waals surface area contributed by atoms with Crippen molar-refractivity contribution in [1.29, 1.82) is 5.26 Å². The number of aromatic amines is 1. The molecule has 0 fully saturated rings. The highest BCUT2D eigenvalue weighted by Gasteiger charge is 2.13. The van der Waals surface area contributed by atoms with Crippen molar-refractivity contribution in [2.75, 3.05) is 18.5 Å². The highest BCUT2D eigenvalue weighted by molar-refractivity contribution is 9.09. The highest BCUT2D eigenvalue weighted by atomic mass is 79.9. The Morgan fingerprint density at radius 1 is 1.35 bits per heavy atom. The molecule has 0 bridgehead atoms. The van der Waals surface area contributed by atoms with Crippen molar-refractivity contribution in [3.63, 3.8) is 0 Å². The van der Waals surface area contributed by atoms with E-state index in [2.05, 4.69) is 27.0 Å². The van der Waals surface area contributed by atoms with Crippen LogP contribution in [0.5, 0.6) is 5.75 Å². The number of nitrogens with one attached hydrogen (secondary N) is 1. The number of H-pyrrole nitrogens is 1. The number of nitrogens with zero attached hydrogens (tertiary/aromatic N) is 1. The standard InChI is InChI=1S/C15H17ClN2O2.C2H5Br/c1-15(2,3)20-7-6-19-12-8-10(9-17)13(16)11-4-5-18-14(11)12;1-2-3/h4-5,8,18H,6-7H2,1-3H3;2H2,1H3. The Morgan fingerprint density at radius 3 is 2.57 bits per heavy atom. The molecule has 0 radical (unpaired) electrons. The second-order valence-electron chi connectivity index (χ2n) is 5.69. The van der Waals surface area contributed by atoms with Gasteiger partial charge in [0.15, 0.2) is 0 Å². The lowest BCUT2D eigenvalue weighted by molar-refractivity contribution is -0.0161. The van der Waals surface area contributed by atoms with Gasteiger partial charge in [0.1, 0.15) is 18.4 Å². The first-order valence-electron chi connectivity index (χ1n) is 7.36. The zero-order chi connectivity index (χ0) is 17.5. The Kier molecular flexibility index (Phi) is 7.90. The average Bonchev–Trinajstić information content (AvgIpc) is 2.95. The molecular formula is C17H22BrClN2O2. The summed E-state index contributed by atoms with van der Waals surface area (Å²) in [7, 11) is 0. The first-order chi connectivity index (χ1) is 10.8. The molecule has 0 aliphatic rings. The number of benzene rings is 1. The van der Waals surface area contributed by atoms with Crippen molar-refractivity contribution in [3.05, 3.63) is 28.9 Å². The molecule has 0 aliphatic heterocycles. The fourth-order valence-electron chi connectivity index (χ4n) is 1.86. The van der Waals surface area contributed by atoms with E-state index in [1.165, 1.54) is 0 Å². The Labute approximate surface area is 150 Å². The Morgan fingerprint density at radius 2 is 2.00 bits per heavy atom. The van der Waals surface area contributed by atoms with Gasteiger partial charge in [0, 0.05) is 23.0 Å². The van der Waals surface area contributed by atoms with Crippen LogP contribution in [0.2, 0.25) is 5.02 Å². The van der Waals surface area contributed by atoms with Crippen LogP contribution in [-0.2, 0) is 4.74 Å². The molecule has 0 unspecified atom stereocenters. The number of alkyl halides is 1. The van der Waals surface area contributed by atoms with Gasteiger partial charge in [-0.05, 0) is 26.8 Å². The minimum atomic E-state index is -0.192. The molecule has 6 heteroatoms. The van der Waals surface area contributed by atoms with Crippen LogP contribution < -0.4 is 4.74 Å². The predicted molar refractivity (Wildman–Crippen MR) is 98.7 cm³/mol. The van der Waals surface area contributed by atoms with E-state index in [1.54, 1.807) is 12.3 Å². The van der Waals surface area contributed by atoms with Crippen LogP contribution in [-0.4, -0.2) is 29.1 Å². The lowest BCUT2D eigenvalue weighted by Crippen LogP contribution is -2.22. The molecule has 4 nitrogen and oxygen atoms in total. The maximum atomic E-state index is 9.09. The third-order valence-electron chi connectivity index (χ3n) is 2.74. The number of hydrogen-bond acceptors (Lipinski definition) is 3. The molecule has 1 N–H and O–H groups in total. The summed E-state index contributed by atoms with van der Waals surface area (Å²) in [5, 5.41) is 11.4. The first-order valence-corrected chi connectivity index (χ1v) is 8.86. The van der Waals surface area contributed by atoms with Gasteiger partial charge in [-0.3, -0.25) is 0 Å². The number of hydrogen-bond donors (Lipinski definition) is 1. The van der Waals surface area contributed by atoms with Gasteiger partial charge in [-0.1, -0.05) is 34.5 Å². The van der Waals surface area contributed by atoms with Crippen LogP contribution in [0, 0.1) is 11.3 Å². The van der Waals surface area contributed by atoms with E-state index < -0.39 is 0 Å². The van der Waals surface area contributed by atoms with Gasteiger partial charge in [-0.2, -0.15) is 5.26 Å². The predicted octanol–water partition coefficient (Wildman–Crippen LogP) is 5.29. The molecule has 0 saturated heterocycles. The molecule has 23 heavy (non-hydrogen) atoms. The quantitative estimate of drug-likeness (QED) is 0.559. The van der Waals surface area contributed by atoms with E-state index in [1.807, 2.05) is 33.8 Å². The summed E-state index contributed by atoms with van der Waals surface area (Å²) in [5.74, 6) is 0.614. The fraction of sp³-hybridized carbons (Fsp3) is 0.471. The number of nitriles is 1. The Hall–Kier alpha value is -1.22. The van der Waals surface area contributed by atoms with Gasteiger partial charge in [0.05, 0.1) is 28.3 Å². The van der Waals surface area contributed by atoms with Crippen LogP contribution in [0.25, 0.3) is 10.9 Å².